The molecule has 1 heterocycles. The summed E-state index contributed by atoms with van der Waals surface area (Å²) in [6, 6.07) is 12.8. The van der Waals surface area contributed by atoms with E-state index in [1.165, 1.54) is 27.4 Å². The largest absolute Gasteiger partial charge is 0.452 e. The number of rotatable bonds is 8. The van der Waals surface area contributed by atoms with Gasteiger partial charge < -0.3 is 10.1 Å². The second kappa shape index (κ2) is 11.0. The van der Waals surface area contributed by atoms with Gasteiger partial charge in [0.2, 0.25) is 0 Å². The minimum atomic E-state index is -3.91. The summed E-state index contributed by atoms with van der Waals surface area (Å²) in [7, 11) is -3.91. The van der Waals surface area contributed by atoms with Gasteiger partial charge in [-0.2, -0.15) is 0 Å². The number of sulfonamides is 1. The molecule has 1 aromatic heterocycles. The predicted molar refractivity (Wildman–Crippen MR) is 143 cm³/mol. The van der Waals surface area contributed by atoms with E-state index < -0.39 is 28.5 Å². The summed E-state index contributed by atoms with van der Waals surface area (Å²) in [6.45, 7) is 3.64. The molecular weight excluding hydrogens is 520 g/mol. The van der Waals surface area contributed by atoms with Crippen molar-refractivity contribution in [2.24, 2.45) is 5.92 Å². The average molecular weight is 547 g/mol. The monoisotopic (exact) mass is 546 g/mol. The van der Waals surface area contributed by atoms with Gasteiger partial charge in [-0.3, -0.25) is 9.10 Å². The van der Waals surface area contributed by atoms with E-state index in [9.17, 15) is 18.0 Å². The Bertz CT molecular complexity index is 1370. The maximum Gasteiger partial charge on any atom is 0.339 e. The van der Waals surface area contributed by atoms with Gasteiger partial charge in [0.25, 0.3) is 15.9 Å². The zero-order valence-electron chi connectivity index (χ0n) is 20.0. The van der Waals surface area contributed by atoms with Crippen molar-refractivity contribution in [1.82, 2.24) is 0 Å². The summed E-state index contributed by atoms with van der Waals surface area (Å²) >= 11 is 7.78. The molecule has 10 heteroatoms. The topological polar surface area (TPSA) is 92.8 Å². The van der Waals surface area contributed by atoms with Crippen LogP contribution in [0.5, 0.6) is 0 Å². The van der Waals surface area contributed by atoms with E-state index in [4.69, 9.17) is 16.3 Å². The van der Waals surface area contributed by atoms with Gasteiger partial charge in [-0.25, -0.2) is 13.2 Å². The molecule has 1 N–H and O–H groups in total. The van der Waals surface area contributed by atoms with E-state index in [0.29, 0.717) is 17.2 Å². The van der Waals surface area contributed by atoms with Gasteiger partial charge in [0.15, 0.2) is 6.61 Å². The number of hydrogen-bond acceptors (Lipinski definition) is 6. The number of nitrogens with one attached hydrogen (secondary N) is 1. The number of nitrogens with zero attached hydrogens (tertiary/aromatic N) is 1. The SMILES string of the molecule is CCN(c1ccccc1)S(=O)(=O)c1ccc(Cl)c(NC(=O)COC(=O)c2csc3c2CC[C@@H](C)C3)c1. The first kappa shape index (κ1) is 26.2. The number of halogens is 1. The Morgan fingerprint density at radius 3 is 2.67 bits per heavy atom. The molecule has 190 valence electrons. The second-order valence-electron chi connectivity index (χ2n) is 8.67. The van der Waals surface area contributed by atoms with Crippen molar-refractivity contribution < 1.29 is 22.7 Å². The number of ether oxygens (including phenoxy) is 1. The van der Waals surface area contributed by atoms with Crippen LogP contribution in [0.1, 0.15) is 41.1 Å². The molecule has 4 rings (SSSR count). The zero-order chi connectivity index (χ0) is 25.9. The van der Waals surface area contributed by atoms with Gasteiger partial charge >= 0.3 is 5.97 Å². The third-order valence-electron chi connectivity index (χ3n) is 6.09. The number of para-hydroxylation sites is 1. The first-order valence-corrected chi connectivity index (χ1v) is 14.3. The average Bonchev–Trinajstić information content (AvgIpc) is 3.28. The van der Waals surface area contributed by atoms with Crippen LogP contribution in [0, 0.1) is 5.92 Å². The van der Waals surface area contributed by atoms with Crippen molar-refractivity contribution in [3.63, 3.8) is 0 Å². The van der Waals surface area contributed by atoms with Crippen LogP contribution in [0.25, 0.3) is 0 Å². The van der Waals surface area contributed by atoms with E-state index in [2.05, 4.69) is 12.2 Å². The maximum atomic E-state index is 13.3. The van der Waals surface area contributed by atoms with Crippen LogP contribution in [0.15, 0.2) is 58.8 Å². The maximum absolute atomic E-state index is 13.3. The van der Waals surface area contributed by atoms with Crippen molar-refractivity contribution in [3.8, 4) is 0 Å². The molecule has 0 unspecified atom stereocenters. The molecule has 2 aromatic carbocycles. The lowest BCUT2D eigenvalue weighted by atomic mass is 9.88. The number of hydrogen-bond donors (Lipinski definition) is 1. The van der Waals surface area contributed by atoms with Crippen LogP contribution in [0.2, 0.25) is 5.02 Å². The van der Waals surface area contributed by atoms with Crippen LogP contribution in [0.3, 0.4) is 0 Å². The lowest BCUT2D eigenvalue weighted by Crippen LogP contribution is -2.30. The summed E-state index contributed by atoms with van der Waals surface area (Å²) in [5.41, 5.74) is 2.17. The fourth-order valence-electron chi connectivity index (χ4n) is 4.22. The van der Waals surface area contributed by atoms with Crippen LogP contribution in [0.4, 0.5) is 11.4 Å². The molecule has 1 atom stereocenters. The van der Waals surface area contributed by atoms with Gasteiger partial charge in [-0.15, -0.1) is 11.3 Å². The Kier molecular flexibility index (Phi) is 8.02. The Balaban J connectivity index is 1.45. The molecule has 1 amide bonds. The third-order valence-corrected chi connectivity index (χ3v) is 9.37. The highest BCUT2D eigenvalue weighted by Crippen LogP contribution is 2.33. The standard InChI is InChI=1S/C26H27ClN2O5S2/c1-3-29(18-7-5-4-6-8-18)36(32,33)19-10-12-22(27)23(14-19)28-25(30)15-34-26(31)21-16-35-24-13-17(2)9-11-20(21)24/h4-8,10,12,14,16-17H,3,9,11,13,15H2,1-2H3,(H,28,30)/t17-/m1/s1. The Hall–Kier alpha value is -2.88. The molecule has 0 fully saturated rings. The smallest absolute Gasteiger partial charge is 0.339 e. The quantitative estimate of drug-likeness (QED) is 0.375. The number of anilines is 2. The third kappa shape index (κ3) is 5.58. The van der Waals surface area contributed by atoms with Crippen molar-refractivity contribution in [3.05, 3.63) is 74.9 Å². The van der Waals surface area contributed by atoms with Crippen molar-refractivity contribution in [1.29, 1.82) is 0 Å². The van der Waals surface area contributed by atoms with Gasteiger partial charge in [-0.1, -0.05) is 36.7 Å². The Morgan fingerprint density at radius 2 is 1.94 bits per heavy atom. The first-order valence-electron chi connectivity index (χ1n) is 11.6. The number of fused-ring (bicyclic) bond motifs is 1. The molecule has 0 radical (unpaired) electrons. The summed E-state index contributed by atoms with van der Waals surface area (Å²) in [5.74, 6) is -0.568. The molecule has 0 bridgehead atoms. The van der Waals surface area contributed by atoms with E-state index in [1.54, 1.807) is 54.0 Å². The highest BCUT2D eigenvalue weighted by Gasteiger charge is 2.26. The fraction of sp³-hybridized carbons (Fsp3) is 0.308. The van der Waals surface area contributed by atoms with Gasteiger partial charge in [-0.05, 0) is 68.0 Å². The van der Waals surface area contributed by atoms with Crippen molar-refractivity contribution >= 4 is 56.2 Å². The molecule has 0 spiro atoms. The molecule has 3 aromatic rings. The summed E-state index contributed by atoms with van der Waals surface area (Å²) < 4.78 is 33.1. The lowest BCUT2D eigenvalue weighted by Gasteiger charge is -2.23. The molecule has 0 saturated carbocycles. The van der Waals surface area contributed by atoms with Crippen LogP contribution >= 0.6 is 22.9 Å². The zero-order valence-corrected chi connectivity index (χ0v) is 22.4. The second-order valence-corrected chi connectivity index (χ2v) is 11.9. The van der Waals surface area contributed by atoms with Crippen LogP contribution < -0.4 is 9.62 Å². The highest BCUT2D eigenvalue weighted by molar-refractivity contribution is 7.92. The summed E-state index contributed by atoms with van der Waals surface area (Å²) in [4.78, 5) is 26.3. The summed E-state index contributed by atoms with van der Waals surface area (Å²) in [5, 5.41) is 4.52. The fourth-order valence-corrected chi connectivity index (χ4v) is 7.12. The number of benzene rings is 2. The van der Waals surface area contributed by atoms with Gasteiger partial charge in [0.1, 0.15) is 0 Å². The summed E-state index contributed by atoms with van der Waals surface area (Å²) in [6.07, 6.45) is 2.79. The Labute approximate surface area is 220 Å². The molecule has 1 aliphatic carbocycles. The number of carbonyl (C=O) groups excluding carboxylic acids is 2. The minimum Gasteiger partial charge on any atom is -0.452 e. The van der Waals surface area contributed by atoms with E-state index in [-0.39, 0.29) is 22.2 Å². The molecule has 7 nitrogen and oxygen atoms in total. The number of amides is 1. The van der Waals surface area contributed by atoms with E-state index >= 15 is 0 Å². The van der Waals surface area contributed by atoms with E-state index in [0.717, 1.165) is 24.8 Å². The van der Waals surface area contributed by atoms with Gasteiger partial charge in [0, 0.05) is 16.8 Å². The molecular formula is C26H27ClN2O5S2. The number of carbonyl (C=O) groups is 2. The predicted octanol–water partition coefficient (Wildman–Crippen LogP) is 5.54. The molecule has 0 aliphatic heterocycles. The van der Waals surface area contributed by atoms with Crippen LogP contribution in [-0.4, -0.2) is 33.4 Å². The highest BCUT2D eigenvalue weighted by atomic mass is 35.5. The number of esters is 1. The Morgan fingerprint density at radius 1 is 1.19 bits per heavy atom. The normalized spacial score (nSPS) is 15.1. The molecule has 36 heavy (non-hydrogen) atoms. The van der Waals surface area contributed by atoms with Crippen molar-refractivity contribution in [2.75, 3.05) is 22.8 Å². The van der Waals surface area contributed by atoms with Crippen LogP contribution in [-0.2, 0) is 32.4 Å². The lowest BCUT2D eigenvalue weighted by molar-refractivity contribution is -0.119. The molecule has 1 aliphatic rings. The minimum absolute atomic E-state index is 0.0240. The van der Waals surface area contributed by atoms with Crippen molar-refractivity contribution in [2.45, 2.75) is 38.0 Å². The molecule has 0 saturated heterocycles. The van der Waals surface area contributed by atoms with Gasteiger partial charge in [0.05, 0.1) is 26.9 Å². The van der Waals surface area contributed by atoms with E-state index in [1.807, 2.05) is 0 Å². The number of thiophene rings is 1. The first-order chi connectivity index (χ1) is 17.2.